The summed E-state index contributed by atoms with van der Waals surface area (Å²) in [4.78, 5) is 4.18. The highest BCUT2D eigenvalue weighted by Crippen LogP contribution is 2.16. The number of aromatic nitrogens is 3. The number of hydrogen-bond donors (Lipinski definition) is 2. The third kappa shape index (κ3) is 2.50. The minimum absolute atomic E-state index is 0. The molecule has 84 valence electrons. The molecule has 1 aromatic carbocycles. The van der Waals surface area contributed by atoms with Crippen LogP contribution in [-0.4, -0.2) is 20.7 Å². The van der Waals surface area contributed by atoms with Gasteiger partial charge in [-0.1, -0.05) is 29.8 Å². The van der Waals surface area contributed by atoms with Gasteiger partial charge in [-0.25, -0.2) is 10.8 Å². The molecule has 0 saturated heterocycles. The molecule has 2 aromatic rings. The molecule has 0 spiro atoms. The second-order valence-electron chi connectivity index (χ2n) is 3.18. The van der Waals surface area contributed by atoms with Gasteiger partial charge in [0, 0.05) is 5.56 Å². The Morgan fingerprint density at radius 1 is 1.19 bits per heavy atom. The SMILES string of the molecule is Cc1ccc(-c2cnnc(NN)n2)cc1.O. The largest absolute Gasteiger partial charge is 0.412 e. The van der Waals surface area contributed by atoms with Crippen LogP contribution in [0.4, 0.5) is 5.95 Å². The lowest BCUT2D eigenvalue weighted by Crippen LogP contribution is -2.11. The molecular formula is C10H13N5O. The average molecular weight is 219 g/mol. The molecule has 0 atom stereocenters. The van der Waals surface area contributed by atoms with E-state index in [0.29, 0.717) is 5.95 Å². The van der Waals surface area contributed by atoms with Crippen LogP contribution in [0.5, 0.6) is 0 Å². The Labute approximate surface area is 92.8 Å². The topological polar surface area (TPSA) is 108 Å². The zero-order valence-electron chi connectivity index (χ0n) is 8.81. The number of nitrogens with zero attached hydrogens (tertiary/aromatic N) is 3. The van der Waals surface area contributed by atoms with Crippen LogP contribution in [0.2, 0.25) is 0 Å². The summed E-state index contributed by atoms with van der Waals surface area (Å²) in [6, 6.07) is 8.01. The van der Waals surface area contributed by atoms with Crippen molar-refractivity contribution >= 4 is 5.95 Å². The van der Waals surface area contributed by atoms with Gasteiger partial charge in [-0.05, 0) is 6.92 Å². The molecule has 1 heterocycles. The van der Waals surface area contributed by atoms with Gasteiger partial charge in [0.2, 0.25) is 0 Å². The summed E-state index contributed by atoms with van der Waals surface area (Å²) in [6.07, 6.45) is 1.60. The molecule has 5 N–H and O–H groups in total. The van der Waals surface area contributed by atoms with Crippen molar-refractivity contribution in [3.05, 3.63) is 36.0 Å². The van der Waals surface area contributed by atoms with Crippen LogP contribution in [0, 0.1) is 6.92 Å². The Kier molecular flexibility index (Phi) is 3.87. The van der Waals surface area contributed by atoms with Gasteiger partial charge >= 0.3 is 0 Å². The molecule has 0 aliphatic rings. The minimum Gasteiger partial charge on any atom is -0.412 e. The zero-order chi connectivity index (χ0) is 10.7. The summed E-state index contributed by atoms with van der Waals surface area (Å²) >= 11 is 0. The van der Waals surface area contributed by atoms with Crippen molar-refractivity contribution in [1.29, 1.82) is 0 Å². The Morgan fingerprint density at radius 3 is 2.50 bits per heavy atom. The molecule has 0 unspecified atom stereocenters. The Balaban J connectivity index is 0.00000128. The predicted octanol–water partition coefficient (Wildman–Crippen LogP) is 0.308. The molecule has 0 radical (unpaired) electrons. The van der Waals surface area contributed by atoms with E-state index >= 15 is 0 Å². The molecule has 6 heteroatoms. The molecular weight excluding hydrogens is 206 g/mol. The van der Waals surface area contributed by atoms with Crippen molar-refractivity contribution in [1.82, 2.24) is 15.2 Å². The van der Waals surface area contributed by atoms with Crippen molar-refractivity contribution in [2.45, 2.75) is 6.92 Å². The number of nitrogen functional groups attached to an aromatic ring is 1. The maximum atomic E-state index is 5.21. The smallest absolute Gasteiger partial charge is 0.257 e. The summed E-state index contributed by atoms with van der Waals surface area (Å²) in [5.41, 5.74) is 5.31. The van der Waals surface area contributed by atoms with Crippen molar-refractivity contribution in [2.75, 3.05) is 5.43 Å². The van der Waals surface area contributed by atoms with Gasteiger partial charge in [0.1, 0.15) is 0 Å². The van der Waals surface area contributed by atoms with Gasteiger partial charge in [-0.15, -0.1) is 5.10 Å². The van der Waals surface area contributed by atoms with Crippen molar-refractivity contribution in [2.24, 2.45) is 5.84 Å². The number of benzene rings is 1. The summed E-state index contributed by atoms with van der Waals surface area (Å²) in [7, 11) is 0. The predicted molar refractivity (Wildman–Crippen MR) is 61.4 cm³/mol. The summed E-state index contributed by atoms with van der Waals surface area (Å²) in [5.74, 6) is 5.52. The van der Waals surface area contributed by atoms with Gasteiger partial charge in [0.15, 0.2) is 0 Å². The van der Waals surface area contributed by atoms with Gasteiger partial charge in [0.05, 0.1) is 11.9 Å². The first-order valence-electron chi connectivity index (χ1n) is 4.53. The van der Waals surface area contributed by atoms with E-state index < -0.39 is 0 Å². The highest BCUT2D eigenvalue weighted by atomic mass is 16.0. The average Bonchev–Trinajstić information content (AvgIpc) is 2.30. The standard InChI is InChI=1S/C10H11N5.H2O/c1-7-2-4-8(5-3-7)9-6-12-15-10(13-9)14-11;/h2-6H,11H2,1H3,(H,13,14,15);1H2. The van der Waals surface area contributed by atoms with E-state index in [0.717, 1.165) is 11.3 Å². The third-order valence-electron chi connectivity index (χ3n) is 2.04. The highest BCUT2D eigenvalue weighted by Gasteiger charge is 2.01. The fraction of sp³-hybridized carbons (Fsp3) is 0.100. The van der Waals surface area contributed by atoms with E-state index in [1.165, 1.54) is 5.56 Å². The van der Waals surface area contributed by atoms with Crippen molar-refractivity contribution < 1.29 is 5.48 Å². The molecule has 0 aliphatic carbocycles. The maximum Gasteiger partial charge on any atom is 0.257 e. The quantitative estimate of drug-likeness (QED) is 0.558. The van der Waals surface area contributed by atoms with Crippen LogP contribution in [-0.2, 0) is 0 Å². The molecule has 0 amide bonds. The van der Waals surface area contributed by atoms with Crippen LogP contribution in [0.1, 0.15) is 5.56 Å². The number of hydrazine groups is 1. The van der Waals surface area contributed by atoms with E-state index in [1.54, 1.807) is 6.20 Å². The third-order valence-corrected chi connectivity index (χ3v) is 2.04. The molecule has 2 rings (SSSR count). The number of nitrogens with two attached hydrogens (primary N) is 1. The van der Waals surface area contributed by atoms with Gasteiger partial charge in [0.25, 0.3) is 5.95 Å². The monoisotopic (exact) mass is 219 g/mol. The lowest BCUT2D eigenvalue weighted by Gasteiger charge is -2.02. The van der Waals surface area contributed by atoms with Crippen LogP contribution in [0.15, 0.2) is 30.5 Å². The Morgan fingerprint density at radius 2 is 1.88 bits per heavy atom. The van der Waals surface area contributed by atoms with Crippen LogP contribution in [0.25, 0.3) is 11.3 Å². The number of anilines is 1. The Bertz CT molecular complexity index is 457. The molecule has 16 heavy (non-hydrogen) atoms. The highest BCUT2D eigenvalue weighted by molar-refractivity contribution is 5.59. The maximum absolute atomic E-state index is 5.21. The van der Waals surface area contributed by atoms with E-state index in [4.69, 9.17) is 5.84 Å². The van der Waals surface area contributed by atoms with Crippen LogP contribution < -0.4 is 11.3 Å². The van der Waals surface area contributed by atoms with Crippen LogP contribution >= 0.6 is 0 Å². The number of rotatable bonds is 2. The van der Waals surface area contributed by atoms with Gasteiger partial charge in [-0.3, -0.25) is 5.43 Å². The first-order valence-corrected chi connectivity index (χ1v) is 4.53. The summed E-state index contributed by atoms with van der Waals surface area (Å²) in [5, 5.41) is 7.50. The fourth-order valence-corrected chi connectivity index (χ4v) is 1.23. The van der Waals surface area contributed by atoms with Crippen LogP contribution in [0.3, 0.4) is 0 Å². The van der Waals surface area contributed by atoms with E-state index in [1.807, 2.05) is 31.2 Å². The first-order chi connectivity index (χ1) is 7.29. The second kappa shape index (κ2) is 5.15. The lowest BCUT2D eigenvalue weighted by molar-refractivity contribution is 0.824. The molecule has 6 nitrogen and oxygen atoms in total. The summed E-state index contributed by atoms with van der Waals surface area (Å²) in [6.45, 7) is 2.04. The lowest BCUT2D eigenvalue weighted by atomic mass is 10.1. The fourth-order valence-electron chi connectivity index (χ4n) is 1.23. The van der Waals surface area contributed by atoms with E-state index in [9.17, 15) is 0 Å². The minimum atomic E-state index is 0. The van der Waals surface area contributed by atoms with Gasteiger partial charge < -0.3 is 5.48 Å². The van der Waals surface area contributed by atoms with Crippen molar-refractivity contribution in [3.8, 4) is 11.3 Å². The zero-order valence-corrected chi connectivity index (χ0v) is 8.81. The Hall–Kier alpha value is -2.05. The van der Waals surface area contributed by atoms with E-state index in [2.05, 4.69) is 20.6 Å². The normalized spacial score (nSPS) is 9.38. The number of hydrogen-bond acceptors (Lipinski definition) is 5. The molecule has 1 aromatic heterocycles. The van der Waals surface area contributed by atoms with E-state index in [-0.39, 0.29) is 5.48 Å². The molecule has 0 saturated carbocycles. The number of aryl methyl sites for hydroxylation is 1. The second-order valence-corrected chi connectivity index (χ2v) is 3.18. The molecule has 0 aliphatic heterocycles. The first kappa shape index (κ1) is 12.0. The molecule has 0 bridgehead atoms. The van der Waals surface area contributed by atoms with Gasteiger partial charge in [-0.2, -0.15) is 5.10 Å². The van der Waals surface area contributed by atoms with Crippen molar-refractivity contribution in [3.63, 3.8) is 0 Å². The molecule has 0 fully saturated rings. The number of nitrogens with one attached hydrogen (secondary N) is 1. The summed E-state index contributed by atoms with van der Waals surface area (Å²) < 4.78 is 0.